The zero-order chi connectivity index (χ0) is 13.3. The third-order valence-electron chi connectivity index (χ3n) is 1.72. The van der Waals surface area contributed by atoms with Gasteiger partial charge in [0.1, 0.15) is 12.6 Å². The summed E-state index contributed by atoms with van der Waals surface area (Å²) in [6.45, 7) is 1.12. The largest absolute Gasteiger partial charge is 0.480 e. The molecular formula is C9H16N2O6. The van der Waals surface area contributed by atoms with E-state index >= 15 is 0 Å². The summed E-state index contributed by atoms with van der Waals surface area (Å²) in [6, 6.07) is -2.00. The lowest BCUT2D eigenvalue weighted by Gasteiger charge is -2.13. The number of esters is 1. The summed E-state index contributed by atoms with van der Waals surface area (Å²) < 4.78 is 4.55. The summed E-state index contributed by atoms with van der Waals surface area (Å²) in [6.07, 6.45) is -0.109. The van der Waals surface area contributed by atoms with Crippen LogP contribution >= 0.6 is 0 Å². The number of carbonyl (C=O) groups is 3. The van der Waals surface area contributed by atoms with Crippen LogP contribution in [0, 0.1) is 0 Å². The van der Waals surface area contributed by atoms with Gasteiger partial charge in [0.25, 0.3) is 0 Å². The fourth-order valence-corrected chi connectivity index (χ4v) is 0.960. The topological polar surface area (TPSA) is 125 Å². The van der Waals surface area contributed by atoms with Gasteiger partial charge in [0.2, 0.25) is 0 Å². The van der Waals surface area contributed by atoms with Crippen LogP contribution in [0.3, 0.4) is 0 Å². The number of ether oxygens (including phenoxy) is 1. The van der Waals surface area contributed by atoms with Crippen molar-refractivity contribution in [3.05, 3.63) is 0 Å². The van der Waals surface area contributed by atoms with E-state index in [-0.39, 0.29) is 26.2 Å². The maximum atomic E-state index is 11.2. The molecule has 0 aliphatic heterocycles. The van der Waals surface area contributed by atoms with E-state index in [1.807, 2.05) is 0 Å². The second kappa shape index (κ2) is 8.34. The molecule has 0 aliphatic carbocycles. The summed E-state index contributed by atoms with van der Waals surface area (Å²) >= 11 is 0. The number of carboxylic acids is 1. The Hall–Kier alpha value is -1.83. The van der Waals surface area contributed by atoms with E-state index in [0.29, 0.717) is 0 Å². The number of hydrogen-bond donors (Lipinski definition) is 4. The maximum absolute atomic E-state index is 11.2. The number of aliphatic carboxylic acids is 1. The van der Waals surface area contributed by atoms with Crippen LogP contribution in [0.4, 0.5) is 4.79 Å². The van der Waals surface area contributed by atoms with Gasteiger partial charge < -0.3 is 25.6 Å². The molecule has 0 radical (unpaired) electrons. The summed E-state index contributed by atoms with van der Waals surface area (Å²) in [7, 11) is 0. The van der Waals surface area contributed by atoms with Crippen LogP contribution in [0.1, 0.15) is 13.3 Å². The van der Waals surface area contributed by atoms with Gasteiger partial charge in [0.15, 0.2) is 0 Å². The molecule has 98 valence electrons. The Morgan fingerprint density at radius 2 is 2.00 bits per heavy atom. The number of nitrogens with one attached hydrogen (secondary N) is 2. The average Bonchev–Trinajstić information content (AvgIpc) is 2.26. The monoisotopic (exact) mass is 248 g/mol. The van der Waals surface area contributed by atoms with Crippen LogP contribution in [0.5, 0.6) is 0 Å². The van der Waals surface area contributed by atoms with Gasteiger partial charge in [-0.2, -0.15) is 0 Å². The first-order valence-corrected chi connectivity index (χ1v) is 5.04. The molecule has 17 heavy (non-hydrogen) atoms. The van der Waals surface area contributed by atoms with Crippen molar-refractivity contribution < 1.29 is 29.3 Å². The van der Waals surface area contributed by atoms with Gasteiger partial charge in [-0.3, -0.25) is 4.79 Å². The minimum atomic E-state index is -1.26. The summed E-state index contributed by atoms with van der Waals surface area (Å²) in [5.41, 5.74) is 0. The standard InChI is InChI=1S/C9H16N2O6/c1-2-17-7(13)5-10-9(16)11-6(3-4-12)8(14)15/h6,12H,2-5H2,1H3,(H,14,15)(H2,10,11,16)/t6-/m1/s1. The van der Waals surface area contributed by atoms with E-state index < -0.39 is 24.0 Å². The van der Waals surface area contributed by atoms with E-state index in [2.05, 4.69) is 15.4 Å². The Bertz CT molecular complexity index is 281. The van der Waals surface area contributed by atoms with Crippen molar-refractivity contribution in [2.45, 2.75) is 19.4 Å². The van der Waals surface area contributed by atoms with Gasteiger partial charge in [-0.25, -0.2) is 9.59 Å². The number of aliphatic hydroxyl groups excluding tert-OH is 1. The Balaban J connectivity index is 3.98. The van der Waals surface area contributed by atoms with E-state index in [0.717, 1.165) is 0 Å². The molecule has 0 aromatic carbocycles. The molecule has 0 spiro atoms. The van der Waals surface area contributed by atoms with E-state index in [1.165, 1.54) is 0 Å². The first-order valence-electron chi connectivity index (χ1n) is 5.04. The molecule has 0 fully saturated rings. The van der Waals surface area contributed by atoms with E-state index in [9.17, 15) is 14.4 Å². The number of hydrogen-bond acceptors (Lipinski definition) is 5. The zero-order valence-corrected chi connectivity index (χ0v) is 9.43. The van der Waals surface area contributed by atoms with Gasteiger partial charge in [-0.15, -0.1) is 0 Å². The van der Waals surface area contributed by atoms with E-state index in [1.54, 1.807) is 6.92 Å². The lowest BCUT2D eigenvalue weighted by molar-refractivity contribution is -0.141. The van der Waals surface area contributed by atoms with Crippen LogP contribution in [0.2, 0.25) is 0 Å². The smallest absolute Gasteiger partial charge is 0.326 e. The highest BCUT2D eigenvalue weighted by atomic mass is 16.5. The number of aliphatic hydroxyl groups is 1. The highest BCUT2D eigenvalue weighted by Crippen LogP contribution is 1.90. The lowest BCUT2D eigenvalue weighted by atomic mass is 10.2. The minimum Gasteiger partial charge on any atom is -0.480 e. The van der Waals surface area contributed by atoms with Gasteiger partial charge in [-0.1, -0.05) is 0 Å². The highest BCUT2D eigenvalue weighted by molar-refractivity contribution is 5.84. The molecule has 0 aromatic rings. The van der Waals surface area contributed by atoms with Crippen molar-refractivity contribution in [3.8, 4) is 0 Å². The predicted octanol–water partition coefficient (Wildman–Crippen LogP) is -1.32. The van der Waals surface area contributed by atoms with E-state index in [4.69, 9.17) is 10.2 Å². The molecule has 2 amide bonds. The summed E-state index contributed by atoms with van der Waals surface area (Å²) in [5.74, 6) is -1.87. The zero-order valence-electron chi connectivity index (χ0n) is 9.43. The average molecular weight is 248 g/mol. The molecule has 0 saturated carbocycles. The molecule has 0 heterocycles. The Morgan fingerprint density at radius 1 is 1.35 bits per heavy atom. The molecule has 0 bridgehead atoms. The van der Waals surface area contributed by atoms with Crippen LogP contribution in [0.15, 0.2) is 0 Å². The minimum absolute atomic E-state index is 0.109. The van der Waals surface area contributed by atoms with Crippen molar-refractivity contribution in [2.75, 3.05) is 19.8 Å². The van der Waals surface area contributed by atoms with Crippen LogP contribution in [-0.4, -0.2) is 54.0 Å². The molecule has 0 saturated heterocycles. The normalized spacial score (nSPS) is 11.4. The van der Waals surface area contributed by atoms with Crippen LogP contribution in [0.25, 0.3) is 0 Å². The highest BCUT2D eigenvalue weighted by Gasteiger charge is 2.19. The first-order chi connectivity index (χ1) is 8.01. The lowest BCUT2D eigenvalue weighted by Crippen LogP contribution is -2.47. The molecule has 0 aliphatic rings. The van der Waals surface area contributed by atoms with Crippen molar-refractivity contribution in [1.82, 2.24) is 10.6 Å². The second-order valence-corrected chi connectivity index (χ2v) is 3.04. The number of carboxylic acid groups (broad SMARTS) is 1. The van der Waals surface area contributed by atoms with Gasteiger partial charge in [0, 0.05) is 13.0 Å². The van der Waals surface area contributed by atoms with Crippen molar-refractivity contribution in [1.29, 1.82) is 0 Å². The third-order valence-corrected chi connectivity index (χ3v) is 1.72. The summed E-state index contributed by atoms with van der Waals surface area (Å²) in [5, 5.41) is 21.5. The van der Waals surface area contributed by atoms with Gasteiger partial charge >= 0.3 is 18.0 Å². The first kappa shape index (κ1) is 15.2. The quantitative estimate of drug-likeness (QED) is 0.414. The molecular weight excluding hydrogens is 232 g/mol. The molecule has 1 atom stereocenters. The number of amides is 2. The maximum Gasteiger partial charge on any atom is 0.326 e. The van der Waals surface area contributed by atoms with Crippen LogP contribution < -0.4 is 10.6 Å². The third kappa shape index (κ3) is 7.12. The summed E-state index contributed by atoms with van der Waals surface area (Å²) in [4.78, 5) is 32.7. The molecule has 0 unspecified atom stereocenters. The fourth-order valence-electron chi connectivity index (χ4n) is 0.960. The molecule has 4 N–H and O–H groups in total. The van der Waals surface area contributed by atoms with Crippen molar-refractivity contribution in [2.24, 2.45) is 0 Å². The number of urea groups is 1. The SMILES string of the molecule is CCOC(=O)CNC(=O)N[C@H](CCO)C(=O)O. The molecule has 0 rings (SSSR count). The number of rotatable bonds is 7. The molecule has 8 nitrogen and oxygen atoms in total. The Kier molecular flexibility index (Phi) is 7.44. The van der Waals surface area contributed by atoms with Crippen molar-refractivity contribution >= 4 is 18.0 Å². The molecule has 0 aromatic heterocycles. The number of carbonyl (C=O) groups excluding carboxylic acids is 2. The molecule has 8 heteroatoms. The van der Waals surface area contributed by atoms with Crippen LogP contribution in [-0.2, 0) is 14.3 Å². The predicted molar refractivity (Wildman–Crippen MR) is 56.3 cm³/mol. The van der Waals surface area contributed by atoms with Gasteiger partial charge in [-0.05, 0) is 6.92 Å². The second-order valence-electron chi connectivity index (χ2n) is 3.04. The Morgan fingerprint density at radius 3 is 2.47 bits per heavy atom. The Labute approximate surface area is 97.9 Å². The van der Waals surface area contributed by atoms with Crippen molar-refractivity contribution in [3.63, 3.8) is 0 Å². The van der Waals surface area contributed by atoms with Gasteiger partial charge in [0.05, 0.1) is 6.61 Å². The fraction of sp³-hybridized carbons (Fsp3) is 0.667.